The summed E-state index contributed by atoms with van der Waals surface area (Å²) in [4.78, 5) is 0. The van der Waals surface area contributed by atoms with Gasteiger partial charge in [0.2, 0.25) is 0 Å². The fourth-order valence-electron chi connectivity index (χ4n) is 5.44. The first-order valence-electron chi connectivity index (χ1n) is 10.9. The van der Waals surface area contributed by atoms with Crippen molar-refractivity contribution in [1.29, 1.82) is 0 Å². The van der Waals surface area contributed by atoms with Crippen molar-refractivity contribution < 1.29 is 0 Å². The maximum absolute atomic E-state index is 2.45. The maximum Gasteiger partial charge on any atom is 0.00507 e. The summed E-state index contributed by atoms with van der Waals surface area (Å²) in [6, 6.07) is 23.0. The summed E-state index contributed by atoms with van der Waals surface area (Å²) in [6.45, 7) is 4.90. The Hall–Kier alpha value is -0.700. The van der Waals surface area contributed by atoms with E-state index in [0.29, 0.717) is 0 Å². The van der Waals surface area contributed by atoms with E-state index in [1.807, 2.05) is 0 Å². The van der Waals surface area contributed by atoms with E-state index in [2.05, 4.69) is 74.5 Å². The standard InChI is InChI=1S/C25H34P2/c1-3-22-15-16-23(4-2)26(22)19-27-24(20-11-7-5-8-12-20)17-18-25(27)21-13-9-6-10-14-21/h5-14,22-25H,3-4,15-19H2,1-2H3/t22-,23-,24+,25+/m1/s1. The van der Waals surface area contributed by atoms with Crippen LogP contribution in [-0.2, 0) is 0 Å². The van der Waals surface area contributed by atoms with Gasteiger partial charge in [-0.2, -0.15) is 0 Å². The van der Waals surface area contributed by atoms with Crippen molar-refractivity contribution >= 4 is 15.8 Å². The average molecular weight is 396 g/mol. The molecule has 0 aromatic heterocycles. The van der Waals surface area contributed by atoms with Gasteiger partial charge in [-0.3, -0.25) is 0 Å². The molecule has 2 fully saturated rings. The van der Waals surface area contributed by atoms with Gasteiger partial charge in [0.05, 0.1) is 0 Å². The Balaban J connectivity index is 1.64. The van der Waals surface area contributed by atoms with Crippen LogP contribution in [0, 0.1) is 0 Å². The van der Waals surface area contributed by atoms with Crippen LogP contribution >= 0.6 is 15.8 Å². The highest BCUT2D eigenvalue weighted by Crippen LogP contribution is 2.76. The number of benzene rings is 2. The van der Waals surface area contributed by atoms with Gasteiger partial charge in [-0.1, -0.05) is 90.4 Å². The van der Waals surface area contributed by atoms with Crippen LogP contribution in [0.2, 0.25) is 0 Å². The molecule has 144 valence electrons. The Morgan fingerprint density at radius 1 is 0.630 bits per heavy atom. The van der Waals surface area contributed by atoms with Crippen molar-refractivity contribution in [3.05, 3.63) is 71.8 Å². The molecule has 0 amide bonds. The molecule has 0 spiro atoms. The van der Waals surface area contributed by atoms with Gasteiger partial charge in [0.25, 0.3) is 0 Å². The third-order valence-electron chi connectivity index (χ3n) is 6.92. The van der Waals surface area contributed by atoms with E-state index in [-0.39, 0.29) is 15.8 Å². The number of rotatable bonds is 6. The average Bonchev–Trinajstić information content (AvgIpc) is 3.33. The largest absolute Gasteiger partial charge is 0.0959 e. The van der Waals surface area contributed by atoms with Gasteiger partial charge in [0.15, 0.2) is 0 Å². The fraction of sp³-hybridized carbons (Fsp3) is 0.520. The summed E-state index contributed by atoms with van der Waals surface area (Å²) in [6.07, 6.45) is 8.64. The van der Waals surface area contributed by atoms with Crippen LogP contribution in [-0.4, -0.2) is 17.2 Å². The molecular weight excluding hydrogens is 362 g/mol. The second-order valence-corrected chi connectivity index (χ2v) is 14.2. The molecule has 2 aliphatic heterocycles. The minimum atomic E-state index is 0.0286. The van der Waals surface area contributed by atoms with Gasteiger partial charge in [0, 0.05) is 11.3 Å². The van der Waals surface area contributed by atoms with Crippen LogP contribution in [0.4, 0.5) is 0 Å². The molecule has 2 aromatic carbocycles. The lowest BCUT2D eigenvalue weighted by atomic mass is 10.0. The topological polar surface area (TPSA) is 0 Å². The Labute approximate surface area is 168 Å². The van der Waals surface area contributed by atoms with E-state index in [0.717, 1.165) is 22.6 Å². The zero-order valence-electron chi connectivity index (χ0n) is 16.9. The molecular formula is C25H34P2. The highest BCUT2D eigenvalue weighted by molar-refractivity contribution is 7.76. The fourth-order valence-corrected chi connectivity index (χ4v) is 15.4. The molecule has 0 aliphatic carbocycles. The molecule has 0 nitrogen and oxygen atoms in total. The first kappa shape index (κ1) is 19.6. The summed E-state index contributed by atoms with van der Waals surface area (Å²) >= 11 is 0. The van der Waals surface area contributed by atoms with Crippen molar-refractivity contribution in [3.63, 3.8) is 0 Å². The van der Waals surface area contributed by atoms with Gasteiger partial charge in [-0.25, -0.2) is 0 Å². The zero-order chi connectivity index (χ0) is 18.6. The molecule has 2 aliphatic rings. The van der Waals surface area contributed by atoms with Crippen LogP contribution in [0.15, 0.2) is 60.7 Å². The first-order chi connectivity index (χ1) is 13.3. The van der Waals surface area contributed by atoms with E-state index in [9.17, 15) is 0 Å². The summed E-state index contributed by atoms with van der Waals surface area (Å²) in [7, 11) is 0.240. The second-order valence-electron chi connectivity index (χ2n) is 8.30. The van der Waals surface area contributed by atoms with Crippen LogP contribution in [0.1, 0.15) is 74.8 Å². The van der Waals surface area contributed by atoms with Crippen molar-refractivity contribution in [1.82, 2.24) is 0 Å². The van der Waals surface area contributed by atoms with E-state index in [1.165, 1.54) is 38.5 Å². The van der Waals surface area contributed by atoms with Gasteiger partial charge in [-0.05, 0) is 66.9 Å². The highest BCUT2D eigenvalue weighted by Gasteiger charge is 2.42. The van der Waals surface area contributed by atoms with E-state index >= 15 is 0 Å². The minimum Gasteiger partial charge on any atom is -0.0959 e. The summed E-state index contributed by atoms with van der Waals surface area (Å²) in [5.74, 6) is 1.57. The summed E-state index contributed by atoms with van der Waals surface area (Å²) < 4.78 is 0. The third kappa shape index (κ3) is 4.18. The smallest absolute Gasteiger partial charge is 0.00507 e. The van der Waals surface area contributed by atoms with Crippen LogP contribution in [0.5, 0.6) is 0 Å². The monoisotopic (exact) mass is 396 g/mol. The maximum atomic E-state index is 2.45. The molecule has 2 saturated heterocycles. The first-order valence-corrected chi connectivity index (χ1v) is 14.3. The molecule has 0 saturated carbocycles. The lowest BCUT2D eigenvalue weighted by Crippen LogP contribution is -2.07. The molecule has 0 N–H and O–H groups in total. The van der Waals surface area contributed by atoms with Crippen LogP contribution < -0.4 is 0 Å². The molecule has 2 heterocycles. The van der Waals surface area contributed by atoms with E-state index in [4.69, 9.17) is 0 Å². The van der Waals surface area contributed by atoms with E-state index < -0.39 is 0 Å². The van der Waals surface area contributed by atoms with Gasteiger partial charge < -0.3 is 0 Å². The van der Waals surface area contributed by atoms with Crippen LogP contribution in [0.3, 0.4) is 0 Å². The van der Waals surface area contributed by atoms with Crippen molar-refractivity contribution in [2.45, 2.75) is 75.0 Å². The molecule has 4 atom stereocenters. The lowest BCUT2D eigenvalue weighted by Gasteiger charge is -2.34. The molecule has 4 rings (SSSR count). The van der Waals surface area contributed by atoms with Crippen molar-refractivity contribution in [2.24, 2.45) is 0 Å². The number of hydrogen-bond donors (Lipinski definition) is 0. The quantitative estimate of drug-likeness (QED) is 0.429. The SMILES string of the molecule is CC[C@@H]1CC[C@@H](CC)P1CP1[C@H](c2ccccc2)CC[C@H]1c1ccccc1. The second kappa shape index (κ2) is 9.20. The molecule has 0 radical (unpaired) electrons. The summed E-state index contributed by atoms with van der Waals surface area (Å²) in [5, 5.41) is 0. The third-order valence-corrected chi connectivity index (χ3v) is 15.4. The Bertz CT molecular complexity index is 639. The predicted molar refractivity (Wildman–Crippen MR) is 124 cm³/mol. The molecule has 27 heavy (non-hydrogen) atoms. The normalized spacial score (nSPS) is 29.4. The Morgan fingerprint density at radius 3 is 1.48 bits per heavy atom. The van der Waals surface area contributed by atoms with E-state index in [1.54, 1.807) is 17.0 Å². The predicted octanol–water partition coefficient (Wildman–Crippen LogP) is 8.54. The van der Waals surface area contributed by atoms with Crippen molar-refractivity contribution in [2.75, 3.05) is 5.90 Å². The molecule has 0 bridgehead atoms. The Morgan fingerprint density at radius 2 is 1.07 bits per heavy atom. The minimum absolute atomic E-state index is 0.0286. The Kier molecular flexibility index (Phi) is 6.68. The zero-order valence-corrected chi connectivity index (χ0v) is 18.7. The molecule has 0 unspecified atom stereocenters. The molecule has 2 heteroatoms. The van der Waals surface area contributed by atoms with Gasteiger partial charge >= 0.3 is 0 Å². The lowest BCUT2D eigenvalue weighted by molar-refractivity contribution is 0.696. The van der Waals surface area contributed by atoms with Crippen molar-refractivity contribution in [3.8, 4) is 0 Å². The van der Waals surface area contributed by atoms with Crippen LogP contribution in [0.25, 0.3) is 0 Å². The number of hydrogen-bond acceptors (Lipinski definition) is 0. The molecule has 2 aromatic rings. The van der Waals surface area contributed by atoms with Gasteiger partial charge in [-0.15, -0.1) is 0 Å². The summed E-state index contributed by atoms with van der Waals surface area (Å²) in [5.41, 5.74) is 6.98. The highest BCUT2D eigenvalue weighted by atomic mass is 31.2. The van der Waals surface area contributed by atoms with Gasteiger partial charge in [0.1, 0.15) is 0 Å².